The third kappa shape index (κ3) is 3.54. The molecule has 1 aromatic heterocycles. The van der Waals surface area contributed by atoms with E-state index in [1.54, 1.807) is 11.3 Å². The van der Waals surface area contributed by atoms with Gasteiger partial charge in [-0.25, -0.2) is 0 Å². The predicted molar refractivity (Wildman–Crippen MR) is 73.3 cm³/mol. The van der Waals surface area contributed by atoms with Crippen LogP contribution >= 0.6 is 11.3 Å². The van der Waals surface area contributed by atoms with E-state index in [-0.39, 0.29) is 0 Å². The largest absolute Gasteiger partial charge is 0.389 e. The lowest BCUT2D eigenvalue weighted by molar-refractivity contribution is -0.00782. The van der Waals surface area contributed by atoms with Gasteiger partial charge in [0.05, 0.1) is 5.60 Å². The highest BCUT2D eigenvalue weighted by atomic mass is 32.1. The van der Waals surface area contributed by atoms with Gasteiger partial charge in [-0.15, -0.1) is 0 Å². The van der Waals surface area contributed by atoms with Gasteiger partial charge < -0.3 is 10.4 Å². The minimum absolute atomic E-state index is 0.338. The summed E-state index contributed by atoms with van der Waals surface area (Å²) in [7, 11) is 0. The van der Waals surface area contributed by atoms with Crippen LogP contribution < -0.4 is 5.32 Å². The van der Waals surface area contributed by atoms with Crippen molar-refractivity contribution in [1.82, 2.24) is 5.32 Å². The maximum Gasteiger partial charge on any atom is 0.0772 e. The standard InChI is InChI=1S/C14H23NOS/c1-11-3-6-14(16,7-4-11)10-15-12(2)13-5-8-17-9-13/h5,8-9,11-12,15-16H,3-4,6-7,10H2,1-2H3. The molecule has 0 aromatic carbocycles. The molecule has 0 saturated heterocycles. The van der Waals surface area contributed by atoms with Crippen LogP contribution in [0.15, 0.2) is 16.8 Å². The number of hydrogen-bond donors (Lipinski definition) is 2. The highest BCUT2D eigenvalue weighted by Crippen LogP contribution is 2.31. The predicted octanol–water partition coefficient (Wildman–Crippen LogP) is 3.34. The second-order valence-corrected chi connectivity index (χ2v) is 6.35. The van der Waals surface area contributed by atoms with Crippen molar-refractivity contribution in [3.8, 4) is 0 Å². The van der Waals surface area contributed by atoms with Gasteiger partial charge in [0.2, 0.25) is 0 Å². The number of hydrogen-bond acceptors (Lipinski definition) is 3. The molecule has 2 N–H and O–H groups in total. The fourth-order valence-corrected chi connectivity index (χ4v) is 3.21. The van der Waals surface area contributed by atoms with Crippen LogP contribution in [0.2, 0.25) is 0 Å². The van der Waals surface area contributed by atoms with E-state index in [1.807, 2.05) is 0 Å². The molecule has 0 spiro atoms. The van der Waals surface area contributed by atoms with E-state index in [0.29, 0.717) is 6.04 Å². The fraction of sp³-hybridized carbons (Fsp3) is 0.714. The van der Waals surface area contributed by atoms with E-state index in [4.69, 9.17) is 0 Å². The lowest BCUT2D eigenvalue weighted by Crippen LogP contribution is -2.43. The van der Waals surface area contributed by atoms with Gasteiger partial charge in [-0.2, -0.15) is 11.3 Å². The summed E-state index contributed by atoms with van der Waals surface area (Å²) < 4.78 is 0. The van der Waals surface area contributed by atoms with Crippen LogP contribution in [0.25, 0.3) is 0 Å². The van der Waals surface area contributed by atoms with Crippen LogP contribution in [0.4, 0.5) is 0 Å². The summed E-state index contributed by atoms with van der Waals surface area (Å²) in [6, 6.07) is 2.49. The van der Waals surface area contributed by atoms with Crippen LogP contribution in [0.3, 0.4) is 0 Å². The molecule has 1 heterocycles. The summed E-state index contributed by atoms with van der Waals surface area (Å²) in [5, 5.41) is 18.2. The van der Waals surface area contributed by atoms with Crippen molar-refractivity contribution in [2.75, 3.05) is 6.54 Å². The molecule has 0 aliphatic heterocycles. The van der Waals surface area contributed by atoms with Gasteiger partial charge in [0.1, 0.15) is 0 Å². The first-order chi connectivity index (χ1) is 8.09. The molecule has 1 aliphatic carbocycles. The number of thiophene rings is 1. The Morgan fingerprint density at radius 3 is 2.82 bits per heavy atom. The number of aliphatic hydroxyl groups is 1. The number of nitrogens with one attached hydrogen (secondary N) is 1. The Hall–Kier alpha value is -0.380. The molecule has 1 aromatic rings. The van der Waals surface area contributed by atoms with E-state index < -0.39 is 5.60 Å². The average molecular weight is 253 g/mol. The molecule has 1 fully saturated rings. The smallest absolute Gasteiger partial charge is 0.0772 e. The van der Waals surface area contributed by atoms with Crippen LogP contribution in [0, 0.1) is 5.92 Å². The molecule has 1 atom stereocenters. The summed E-state index contributed by atoms with van der Waals surface area (Å²) in [6.45, 7) is 5.16. The van der Waals surface area contributed by atoms with Gasteiger partial charge in [-0.3, -0.25) is 0 Å². The molecule has 0 radical (unpaired) electrons. The van der Waals surface area contributed by atoms with Gasteiger partial charge in [-0.05, 0) is 60.9 Å². The van der Waals surface area contributed by atoms with E-state index in [2.05, 4.69) is 36.0 Å². The molecule has 1 saturated carbocycles. The second-order valence-electron chi connectivity index (χ2n) is 5.57. The lowest BCUT2D eigenvalue weighted by Gasteiger charge is -2.35. The molecular weight excluding hydrogens is 230 g/mol. The highest BCUT2D eigenvalue weighted by molar-refractivity contribution is 7.07. The van der Waals surface area contributed by atoms with Crippen LogP contribution in [0.5, 0.6) is 0 Å². The summed E-state index contributed by atoms with van der Waals surface area (Å²) in [5.41, 5.74) is 0.847. The molecule has 0 bridgehead atoms. The van der Waals surface area contributed by atoms with Crippen molar-refractivity contribution in [2.45, 2.75) is 51.2 Å². The molecule has 1 aliphatic rings. The van der Waals surface area contributed by atoms with E-state index >= 15 is 0 Å². The van der Waals surface area contributed by atoms with E-state index in [0.717, 1.165) is 38.1 Å². The summed E-state index contributed by atoms with van der Waals surface area (Å²) >= 11 is 1.73. The minimum atomic E-state index is -0.475. The third-order valence-electron chi connectivity index (χ3n) is 3.99. The van der Waals surface area contributed by atoms with Gasteiger partial charge in [0, 0.05) is 12.6 Å². The third-order valence-corrected chi connectivity index (χ3v) is 4.69. The maximum absolute atomic E-state index is 10.5. The first-order valence-electron chi connectivity index (χ1n) is 6.57. The molecule has 17 heavy (non-hydrogen) atoms. The summed E-state index contributed by atoms with van der Waals surface area (Å²) in [5.74, 6) is 0.782. The van der Waals surface area contributed by atoms with Crippen molar-refractivity contribution in [1.29, 1.82) is 0 Å². The molecule has 2 rings (SSSR count). The van der Waals surface area contributed by atoms with E-state index in [9.17, 15) is 5.11 Å². The van der Waals surface area contributed by atoms with Gasteiger partial charge in [0.25, 0.3) is 0 Å². The van der Waals surface area contributed by atoms with Crippen molar-refractivity contribution < 1.29 is 5.11 Å². The summed E-state index contributed by atoms with van der Waals surface area (Å²) in [6.07, 6.45) is 4.20. The first kappa shape index (κ1) is 13.1. The van der Waals surface area contributed by atoms with E-state index in [1.165, 1.54) is 5.56 Å². The Labute approximate surface area is 108 Å². The SMILES string of the molecule is CC1CCC(O)(CNC(C)c2ccsc2)CC1. The topological polar surface area (TPSA) is 32.3 Å². The zero-order valence-electron chi connectivity index (χ0n) is 10.8. The molecule has 1 unspecified atom stereocenters. The van der Waals surface area contributed by atoms with Crippen LogP contribution in [-0.2, 0) is 0 Å². The van der Waals surface area contributed by atoms with Crippen molar-refractivity contribution in [3.63, 3.8) is 0 Å². The maximum atomic E-state index is 10.5. The van der Waals surface area contributed by atoms with Crippen molar-refractivity contribution in [3.05, 3.63) is 22.4 Å². The molecule has 96 valence electrons. The summed E-state index contributed by atoms with van der Waals surface area (Å²) in [4.78, 5) is 0. The zero-order chi connectivity index (χ0) is 12.3. The molecule has 2 nitrogen and oxygen atoms in total. The quantitative estimate of drug-likeness (QED) is 0.862. The lowest BCUT2D eigenvalue weighted by atomic mass is 9.79. The van der Waals surface area contributed by atoms with Crippen molar-refractivity contribution >= 4 is 11.3 Å². The minimum Gasteiger partial charge on any atom is -0.389 e. The Bertz CT molecular complexity index is 328. The second kappa shape index (κ2) is 5.51. The first-order valence-corrected chi connectivity index (χ1v) is 7.51. The van der Waals surface area contributed by atoms with Crippen molar-refractivity contribution in [2.24, 2.45) is 5.92 Å². The van der Waals surface area contributed by atoms with Gasteiger partial charge in [0.15, 0.2) is 0 Å². The Morgan fingerprint density at radius 2 is 2.24 bits per heavy atom. The molecular formula is C14H23NOS. The Kier molecular flexibility index (Phi) is 4.23. The van der Waals surface area contributed by atoms with Gasteiger partial charge in [-0.1, -0.05) is 6.92 Å². The number of rotatable bonds is 4. The molecule has 3 heteroatoms. The Morgan fingerprint density at radius 1 is 1.53 bits per heavy atom. The molecule has 0 amide bonds. The normalized spacial score (nSPS) is 31.4. The van der Waals surface area contributed by atoms with Gasteiger partial charge >= 0.3 is 0 Å². The zero-order valence-corrected chi connectivity index (χ0v) is 11.6. The highest BCUT2D eigenvalue weighted by Gasteiger charge is 2.31. The average Bonchev–Trinajstić information content (AvgIpc) is 2.84. The van der Waals surface area contributed by atoms with Crippen LogP contribution in [-0.4, -0.2) is 17.3 Å². The van der Waals surface area contributed by atoms with Crippen LogP contribution in [0.1, 0.15) is 51.1 Å². The monoisotopic (exact) mass is 253 g/mol. The fourth-order valence-electron chi connectivity index (χ4n) is 2.46. The Balaban J connectivity index is 1.81.